The average Bonchev–Trinajstić information content (AvgIpc) is 2.46. The molecule has 0 atom stereocenters. The summed E-state index contributed by atoms with van der Waals surface area (Å²) in [6.07, 6.45) is 1.54. The topological polar surface area (TPSA) is 91.3 Å². The summed E-state index contributed by atoms with van der Waals surface area (Å²) in [5.41, 5.74) is 9.67. The van der Waals surface area contributed by atoms with Gasteiger partial charge in [0.1, 0.15) is 31.0 Å². The third-order valence-corrected chi connectivity index (χ3v) is 3.65. The molecule has 2 rings (SSSR count). The monoisotopic (exact) mass is 327 g/mol. The molecule has 1 heterocycles. The molecule has 0 aliphatic rings. The Hall–Kier alpha value is -2.85. The molecule has 0 saturated carbocycles. The smallest absolute Gasteiger partial charge is 0.269 e. The Bertz CT molecular complexity index is 787. The van der Waals surface area contributed by atoms with E-state index in [1.54, 1.807) is 6.07 Å². The van der Waals surface area contributed by atoms with Gasteiger partial charge in [-0.3, -0.25) is 10.1 Å². The number of nitrogens with two attached hydrogens (primary N) is 1. The SMILES string of the molecule is C[Si](C)(C)C#Cc1c(Oc2ccc([N+](=O)[O-])cc2)ccnc1N. The number of hydrogen-bond donors (Lipinski definition) is 1. The largest absolute Gasteiger partial charge is 0.456 e. The number of aromatic nitrogens is 1. The lowest BCUT2D eigenvalue weighted by Gasteiger charge is -2.10. The number of non-ortho nitro benzene ring substituents is 1. The third-order valence-electron chi connectivity index (χ3n) is 2.78. The van der Waals surface area contributed by atoms with Gasteiger partial charge in [-0.25, -0.2) is 4.98 Å². The van der Waals surface area contributed by atoms with Crippen LogP contribution in [-0.4, -0.2) is 18.0 Å². The Morgan fingerprint density at radius 2 is 1.87 bits per heavy atom. The first-order valence-electron chi connectivity index (χ1n) is 6.96. The van der Waals surface area contributed by atoms with Gasteiger partial charge < -0.3 is 10.5 Å². The van der Waals surface area contributed by atoms with Gasteiger partial charge >= 0.3 is 0 Å². The number of nitrogens with zero attached hydrogens (tertiary/aromatic N) is 2. The highest BCUT2D eigenvalue weighted by atomic mass is 28.3. The second-order valence-corrected chi connectivity index (χ2v) is 10.7. The van der Waals surface area contributed by atoms with Crippen LogP contribution in [0.5, 0.6) is 11.5 Å². The van der Waals surface area contributed by atoms with Crippen molar-refractivity contribution >= 4 is 19.6 Å². The summed E-state index contributed by atoms with van der Waals surface area (Å²) in [6, 6.07) is 7.50. The molecule has 7 heteroatoms. The Morgan fingerprint density at radius 3 is 2.43 bits per heavy atom. The van der Waals surface area contributed by atoms with Crippen molar-refractivity contribution in [1.82, 2.24) is 4.98 Å². The fourth-order valence-electron chi connectivity index (χ4n) is 1.68. The first-order chi connectivity index (χ1) is 10.8. The highest BCUT2D eigenvalue weighted by Crippen LogP contribution is 2.28. The summed E-state index contributed by atoms with van der Waals surface area (Å²) in [5, 5.41) is 10.7. The van der Waals surface area contributed by atoms with Crippen molar-refractivity contribution in [2.45, 2.75) is 19.6 Å². The van der Waals surface area contributed by atoms with E-state index in [4.69, 9.17) is 10.5 Å². The predicted molar refractivity (Wildman–Crippen MR) is 92.0 cm³/mol. The maximum atomic E-state index is 10.7. The Labute approximate surface area is 135 Å². The molecule has 1 aromatic carbocycles. The van der Waals surface area contributed by atoms with Crippen LogP contribution in [0.4, 0.5) is 11.5 Å². The number of nitrogen functional groups attached to an aromatic ring is 1. The highest BCUT2D eigenvalue weighted by Gasteiger charge is 2.12. The average molecular weight is 327 g/mol. The number of nitro benzene ring substituents is 1. The zero-order chi connectivity index (χ0) is 17.0. The van der Waals surface area contributed by atoms with E-state index in [-0.39, 0.29) is 5.69 Å². The summed E-state index contributed by atoms with van der Waals surface area (Å²) >= 11 is 0. The van der Waals surface area contributed by atoms with E-state index >= 15 is 0 Å². The first kappa shape index (κ1) is 16.5. The van der Waals surface area contributed by atoms with Crippen LogP contribution < -0.4 is 10.5 Å². The van der Waals surface area contributed by atoms with E-state index in [0.29, 0.717) is 22.9 Å². The van der Waals surface area contributed by atoms with Crippen molar-refractivity contribution in [3.63, 3.8) is 0 Å². The molecule has 0 bridgehead atoms. The quantitative estimate of drug-likeness (QED) is 0.402. The number of benzene rings is 1. The van der Waals surface area contributed by atoms with Crippen molar-refractivity contribution in [3.8, 4) is 23.0 Å². The van der Waals surface area contributed by atoms with E-state index < -0.39 is 13.0 Å². The molecule has 0 fully saturated rings. The van der Waals surface area contributed by atoms with E-state index in [1.807, 2.05) is 0 Å². The zero-order valence-electron chi connectivity index (χ0n) is 13.2. The van der Waals surface area contributed by atoms with Gasteiger partial charge in [0.05, 0.1) is 4.92 Å². The molecular weight excluding hydrogens is 310 g/mol. The molecule has 2 aromatic rings. The van der Waals surface area contributed by atoms with Gasteiger partial charge in [0.15, 0.2) is 0 Å². The second-order valence-electron chi connectivity index (χ2n) is 5.92. The highest BCUT2D eigenvalue weighted by molar-refractivity contribution is 6.83. The van der Waals surface area contributed by atoms with Gasteiger partial charge in [-0.05, 0) is 12.1 Å². The molecule has 0 unspecified atom stereocenters. The number of pyridine rings is 1. The number of hydrogen-bond acceptors (Lipinski definition) is 5. The fraction of sp³-hybridized carbons (Fsp3) is 0.188. The van der Waals surface area contributed by atoms with Crippen LogP contribution >= 0.6 is 0 Å². The van der Waals surface area contributed by atoms with Crippen LogP contribution in [0, 0.1) is 21.6 Å². The minimum absolute atomic E-state index is 0.00494. The summed E-state index contributed by atoms with van der Waals surface area (Å²) in [4.78, 5) is 14.3. The Kier molecular flexibility index (Phi) is 4.67. The van der Waals surface area contributed by atoms with Gasteiger partial charge in [0.2, 0.25) is 0 Å². The standard InChI is InChI=1S/C16H17N3O3Si/c1-23(2,3)11-9-14-15(8-10-18-16(14)17)22-13-6-4-12(5-7-13)19(20)21/h4-8,10H,1-3H3,(H2,17,18). The maximum absolute atomic E-state index is 10.7. The predicted octanol–water partition coefficient (Wildman–Crippen LogP) is 3.59. The van der Waals surface area contributed by atoms with E-state index in [2.05, 4.69) is 36.1 Å². The van der Waals surface area contributed by atoms with E-state index in [1.165, 1.54) is 30.5 Å². The second kappa shape index (κ2) is 6.50. The third kappa shape index (κ3) is 4.56. The Balaban J connectivity index is 2.34. The van der Waals surface area contributed by atoms with Crippen molar-refractivity contribution < 1.29 is 9.66 Å². The van der Waals surface area contributed by atoms with E-state index in [0.717, 1.165) is 0 Å². The van der Waals surface area contributed by atoms with Gasteiger partial charge in [0, 0.05) is 24.4 Å². The first-order valence-corrected chi connectivity index (χ1v) is 10.5. The zero-order valence-corrected chi connectivity index (χ0v) is 14.2. The normalized spacial score (nSPS) is 10.6. The van der Waals surface area contributed by atoms with Crippen molar-refractivity contribution in [2.24, 2.45) is 0 Å². The van der Waals surface area contributed by atoms with Crippen LogP contribution in [0.25, 0.3) is 0 Å². The summed E-state index contributed by atoms with van der Waals surface area (Å²) in [5.74, 6) is 4.32. The number of ether oxygens (including phenoxy) is 1. The van der Waals surface area contributed by atoms with Gasteiger partial charge in [-0.2, -0.15) is 0 Å². The van der Waals surface area contributed by atoms with Crippen molar-refractivity contribution in [2.75, 3.05) is 5.73 Å². The molecule has 0 spiro atoms. The molecule has 0 aliphatic heterocycles. The Morgan fingerprint density at radius 1 is 1.22 bits per heavy atom. The lowest BCUT2D eigenvalue weighted by molar-refractivity contribution is -0.384. The molecule has 0 saturated heterocycles. The molecular formula is C16H17N3O3Si. The molecule has 6 nitrogen and oxygen atoms in total. The molecule has 1 aromatic heterocycles. The molecule has 2 N–H and O–H groups in total. The van der Waals surface area contributed by atoms with Gasteiger partial charge in [-0.1, -0.05) is 25.6 Å². The summed E-state index contributed by atoms with van der Waals surface area (Å²) in [7, 11) is -1.57. The van der Waals surface area contributed by atoms with Crippen LogP contribution in [0.2, 0.25) is 19.6 Å². The van der Waals surface area contributed by atoms with Crippen LogP contribution in [0.3, 0.4) is 0 Å². The molecule has 0 aliphatic carbocycles. The molecule has 0 amide bonds. The lowest BCUT2D eigenvalue weighted by Crippen LogP contribution is -2.16. The van der Waals surface area contributed by atoms with Crippen LogP contribution in [0.15, 0.2) is 36.5 Å². The number of nitro groups is 1. The molecule has 23 heavy (non-hydrogen) atoms. The van der Waals surface area contributed by atoms with Crippen molar-refractivity contribution in [3.05, 3.63) is 52.2 Å². The van der Waals surface area contributed by atoms with E-state index in [9.17, 15) is 10.1 Å². The fourth-order valence-corrected chi connectivity index (χ4v) is 2.18. The maximum Gasteiger partial charge on any atom is 0.269 e. The van der Waals surface area contributed by atoms with Crippen LogP contribution in [0.1, 0.15) is 5.56 Å². The minimum Gasteiger partial charge on any atom is -0.456 e. The molecule has 118 valence electrons. The lowest BCUT2D eigenvalue weighted by atomic mass is 10.2. The van der Waals surface area contributed by atoms with Crippen molar-refractivity contribution in [1.29, 1.82) is 0 Å². The summed E-state index contributed by atoms with van der Waals surface area (Å²) < 4.78 is 5.76. The van der Waals surface area contributed by atoms with Gasteiger partial charge in [0.25, 0.3) is 5.69 Å². The molecule has 0 radical (unpaired) electrons. The van der Waals surface area contributed by atoms with Gasteiger partial charge in [-0.15, -0.1) is 5.54 Å². The number of rotatable bonds is 3. The number of anilines is 1. The minimum atomic E-state index is -1.57. The van der Waals surface area contributed by atoms with Crippen LogP contribution in [-0.2, 0) is 0 Å². The summed E-state index contributed by atoms with van der Waals surface area (Å²) in [6.45, 7) is 6.39.